The standard InChI is InChI=1S/C21H27N3O4/c1-28-20(27)17-7-5-15(6-8-17)14-24-18(25)13-22-21(24)9-11-23(12-10-21)19(26)16-3-2-4-16/h5-8,16,22H,2-4,9-14H2,1H3. The van der Waals surface area contributed by atoms with Crippen LogP contribution < -0.4 is 5.32 Å². The summed E-state index contributed by atoms with van der Waals surface area (Å²) in [5, 5.41) is 3.41. The number of rotatable bonds is 4. The van der Waals surface area contributed by atoms with Gasteiger partial charge in [0, 0.05) is 38.4 Å². The molecular weight excluding hydrogens is 358 g/mol. The third kappa shape index (κ3) is 3.39. The topological polar surface area (TPSA) is 79.0 Å². The summed E-state index contributed by atoms with van der Waals surface area (Å²) in [4.78, 5) is 40.6. The van der Waals surface area contributed by atoms with E-state index >= 15 is 0 Å². The molecule has 2 saturated heterocycles. The molecule has 1 spiro atoms. The summed E-state index contributed by atoms with van der Waals surface area (Å²) >= 11 is 0. The number of benzene rings is 1. The van der Waals surface area contributed by atoms with Crippen molar-refractivity contribution in [2.24, 2.45) is 5.92 Å². The van der Waals surface area contributed by atoms with Gasteiger partial charge in [0.2, 0.25) is 11.8 Å². The van der Waals surface area contributed by atoms with Gasteiger partial charge in [0.25, 0.3) is 0 Å². The van der Waals surface area contributed by atoms with Gasteiger partial charge in [-0.1, -0.05) is 18.6 Å². The summed E-state index contributed by atoms with van der Waals surface area (Å²) in [5.41, 5.74) is 1.08. The van der Waals surface area contributed by atoms with Gasteiger partial charge in [-0.15, -0.1) is 0 Å². The number of methoxy groups -OCH3 is 1. The minimum absolute atomic E-state index is 0.0795. The summed E-state index contributed by atoms with van der Waals surface area (Å²) in [7, 11) is 1.36. The molecule has 3 aliphatic rings. The van der Waals surface area contributed by atoms with E-state index in [1.54, 1.807) is 12.1 Å². The Hall–Kier alpha value is -2.41. The van der Waals surface area contributed by atoms with Gasteiger partial charge in [-0.25, -0.2) is 4.79 Å². The van der Waals surface area contributed by atoms with E-state index in [1.165, 1.54) is 7.11 Å². The van der Waals surface area contributed by atoms with Crippen molar-refractivity contribution < 1.29 is 19.1 Å². The number of hydrogen-bond donors (Lipinski definition) is 1. The van der Waals surface area contributed by atoms with Gasteiger partial charge in [-0.2, -0.15) is 0 Å². The summed E-state index contributed by atoms with van der Waals surface area (Å²) < 4.78 is 4.73. The van der Waals surface area contributed by atoms with Crippen LogP contribution in [0.15, 0.2) is 24.3 Å². The Kier molecular flexibility index (Phi) is 5.10. The normalized spacial score (nSPS) is 21.7. The second-order valence-electron chi connectivity index (χ2n) is 8.01. The molecule has 0 aromatic heterocycles. The molecule has 2 aliphatic heterocycles. The first-order chi connectivity index (χ1) is 13.5. The molecule has 7 heteroatoms. The van der Waals surface area contributed by atoms with Crippen molar-refractivity contribution in [3.05, 3.63) is 35.4 Å². The Morgan fingerprint density at radius 2 is 1.86 bits per heavy atom. The van der Waals surface area contributed by atoms with E-state index in [9.17, 15) is 14.4 Å². The molecular formula is C21H27N3O4. The Balaban J connectivity index is 1.42. The van der Waals surface area contributed by atoms with Crippen LogP contribution in [0.4, 0.5) is 0 Å². The molecule has 28 heavy (non-hydrogen) atoms. The number of likely N-dealkylation sites (tertiary alicyclic amines) is 1. The fourth-order valence-electron chi connectivity index (χ4n) is 4.41. The van der Waals surface area contributed by atoms with Crippen LogP contribution in [-0.4, -0.2) is 60.0 Å². The van der Waals surface area contributed by atoms with Crippen molar-refractivity contribution in [2.75, 3.05) is 26.7 Å². The fraction of sp³-hybridized carbons (Fsp3) is 0.571. The van der Waals surface area contributed by atoms with Crippen LogP contribution in [0.2, 0.25) is 0 Å². The van der Waals surface area contributed by atoms with E-state index in [0.29, 0.717) is 31.7 Å². The quantitative estimate of drug-likeness (QED) is 0.795. The minimum atomic E-state index is -0.380. The van der Waals surface area contributed by atoms with E-state index in [2.05, 4.69) is 5.32 Å². The molecule has 0 atom stereocenters. The number of esters is 1. The summed E-state index contributed by atoms with van der Waals surface area (Å²) in [6.07, 6.45) is 4.69. The van der Waals surface area contributed by atoms with Crippen LogP contribution in [0.25, 0.3) is 0 Å². The number of amides is 2. The van der Waals surface area contributed by atoms with Crippen molar-refractivity contribution in [3.8, 4) is 0 Å². The highest BCUT2D eigenvalue weighted by Gasteiger charge is 2.47. The van der Waals surface area contributed by atoms with Gasteiger partial charge in [0.05, 0.1) is 24.9 Å². The highest BCUT2D eigenvalue weighted by Crippen LogP contribution is 2.34. The molecule has 1 aliphatic carbocycles. The van der Waals surface area contributed by atoms with Crippen LogP contribution in [0.5, 0.6) is 0 Å². The number of ether oxygens (including phenoxy) is 1. The maximum Gasteiger partial charge on any atom is 0.337 e. The summed E-state index contributed by atoms with van der Waals surface area (Å²) in [6, 6.07) is 7.17. The van der Waals surface area contributed by atoms with Crippen molar-refractivity contribution in [3.63, 3.8) is 0 Å². The lowest BCUT2D eigenvalue weighted by Gasteiger charge is -2.45. The first-order valence-corrected chi connectivity index (χ1v) is 10.0. The van der Waals surface area contributed by atoms with Gasteiger partial charge in [0.15, 0.2) is 0 Å². The molecule has 1 N–H and O–H groups in total. The van der Waals surface area contributed by atoms with Crippen molar-refractivity contribution in [1.29, 1.82) is 0 Å². The lowest BCUT2D eigenvalue weighted by Crippen LogP contribution is -2.59. The third-order valence-electron chi connectivity index (χ3n) is 6.46. The van der Waals surface area contributed by atoms with Crippen LogP contribution in [0, 0.1) is 5.92 Å². The summed E-state index contributed by atoms with van der Waals surface area (Å²) in [6.45, 7) is 2.20. The highest BCUT2D eigenvalue weighted by molar-refractivity contribution is 5.89. The number of carbonyl (C=O) groups is 3. The van der Waals surface area contributed by atoms with Crippen LogP contribution >= 0.6 is 0 Å². The number of nitrogens with zero attached hydrogens (tertiary/aromatic N) is 2. The monoisotopic (exact) mass is 385 g/mol. The maximum atomic E-state index is 12.6. The van der Waals surface area contributed by atoms with Crippen LogP contribution in [-0.2, 0) is 20.9 Å². The highest BCUT2D eigenvalue weighted by atomic mass is 16.5. The number of nitrogens with one attached hydrogen (secondary N) is 1. The molecule has 0 unspecified atom stereocenters. The molecule has 4 rings (SSSR count). The molecule has 0 bridgehead atoms. The first kappa shape index (κ1) is 18.9. The lowest BCUT2D eigenvalue weighted by atomic mass is 9.83. The smallest absolute Gasteiger partial charge is 0.337 e. The zero-order chi connectivity index (χ0) is 19.7. The second kappa shape index (κ2) is 7.54. The zero-order valence-corrected chi connectivity index (χ0v) is 16.3. The molecule has 150 valence electrons. The third-order valence-corrected chi connectivity index (χ3v) is 6.46. The van der Waals surface area contributed by atoms with Crippen LogP contribution in [0.1, 0.15) is 48.0 Å². The van der Waals surface area contributed by atoms with E-state index in [4.69, 9.17) is 4.74 Å². The Labute approximate surface area is 165 Å². The molecule has 1 saturated carbocycles. The van der Waals surface area contributed by atoms with Crippen molar-refractivity contribution in [2.45, 2.75) is 44.3 Å². The lowest BCUT2D eigenvalue weighted by molar-refractivity contribution is -0.142. The van der Waals surface area contributed by atoms with Gasteiger partial charge in [-0.3, -0.25) is 14.9 Å². The van der Waals surface area contributed by atoms with Crippen molar-refractivity contribution in [1.82, 2.24) is 15.1 Å². The number of piperidine rings is 1. The number of carbonyl (C=O) groups excluding carboxylic acids is 3. The molecule has 7 nitrogen and oxygen atoms in total. The zero-order valence-electron chi connectivity index (χ0n) is 16.3. The Morgan fingerprint density at radius 1 is 1.18 bits per heavy atom. The maximum absolute atomic E-state index is 12.6. The predicted molar refractivity (Wildman–Crippen MR) is 102 cm³/mol. The molecule has 2 amide bonds. The van der Waals surface area contributed by atoms with E-state index in [-0.39, 0.29) is 29.4 Å². The Morgan fingerprint density at radius 3 is 2.43 bits per heavy atom. The molecule has 2 heterocycles. The largest absolute Gasteiger partial charge is 0.465 e. The molecule has 1 aromatic rings. The summed E-state index contributed by atoms with van der Waals surface area (Å²) in [5.74, 6) is 0.216. The Bertz CT molecular complexity index is 764. The van der Waals surface area contributed by atoms with Crippen LogP contribution in [0.3, 0.4) is 0 Å². The van der Waals surface area contributed by atoms with Gasteiger partial charge >= 0.3 is 5.97 Å². The van der Waals surface area contributed by atoms with E-state index in [0.717, 1.165) is 37.7 Å². The van der Waals surface area contributed by atoms with Gasteiger partial charge in [0.1, 0.15) is 0 Å². The average Bonchev–Trinajstić information content (AvgIpc) is 2.97. The molecule has 3 fully saturated rings. The second-order valence-corrected chi connectivity index (χ2v) is 8.01. The molecule has 1 aromatic carbocycles. The predicted octanol–water partition coefficient (Wildman–Crippen LogP) is 1.52. The fourth-order valence-corrected chi connectivity index (χ4v) is 4.41. The SMILES string of the molecule is COC(=O)c1ccc(CN2C(=O)CNC23CCN(C(=O)C2CCC2)CC3)cc1. The van der Waals surface area contributed by atoms with Gasteiger partial charge < -0.3 is 14.5 Å². The first-order valence-electron chi connectivity index (χ1n) is 10.0. The van der Waals surface area contributed by atoms with E-state index in [1.807, 2.05) is 21.9 Å². The van der Waals surface area contributed by atoms with Gasteiger partial charge in [-0.05, 0) is 30.5 Å². The number of hydrogen-bond acceptors (Lipinski definition) is 5. The average molecular weight is 385 g/mol. The minimum Gasteiger partial charge on any atom is -0.465 e. The van der Waals surface area contributed by atoms with E-state index < -0.39 is 0 Å². The molecule has 0 radical (unpaired) electrons. The van der Waals surface area contributed by atoms with Crippen molar-refractivity contribution >= 4 is 17.8 Å².